The summed E-state index contributed by atoms with van der Waals surface area (Å²) in [5.74, 6) is 0.834. The summed E-state index contributed by atoms with van der Waals surface area (Å²) in [6.07, 6.45) is 3.20. The fraction of sp³-hybridized carbons (Fsp3) is 0.250. The largest absolute Gasteiger partial charge is 0.487 e. The fourth-order valence-electron chi connectivity index (χ4n) is 4.13. The highest BCUT2D eigenvalue weighted by Gasteiger charge is 2.10. The third kappa shape index (κ3) is 6.95. The number of rotatable bonds is 10. The highest BCUT2D eigenvalue weighted by Crippen LogP contribution is 2.31. The Hall–Kier alpha value is -3.79. The quantitative estimate of drug-likeness (QED) is 0.168. The van der Waals surface area contributed by atoms with Gasteiger partial charge in [0, 0.05) is 43.8 Å². The molecular formula is C28H28ClFN6O2. The molecule has 2 heterocycles. The van der Waals surface area contributed by atoms with E-state index in [2.05, 4.69) is 30.7 Å². The van der Waals surface area contributed by atoms with Crippen molar-refractivity contribution < 1.29 is 14.0 Å². The van der Waals surface area contributed by atoms with E-state index in [-0.39, 0.29) is 12.4 Å². The van der Waals surface area contributed by atoms with Crippen LogP contribution in [0.3, 0.4) is 0 Å². The first-order chi connectivity index (χ1) is 18.6. The van der Waals surface area contributed by atoms with Crippen LogP contribution < -0.4 is 15.4 Å². The Morgan fingerprint density at radius 2 is 1.97 bits per heavy atom. The van der Waals surface area contributed by atoms with Gasteiger partial charge in [0.2, 0.25) is 0 Å². The molecule has 0 aliphatic carbocycles. The van der Waals surface area contributed by atoms with Gasteiger partial charge in [-0.1, -0.05) is 35.0 Å². The van der Waals surface area contributed by atoms with Crippen molar-refractivity contribution in [1.82, 2.24) is 20.2 Å². The average molecular weight is 535 g/mol. The van der Waals surface area contributed by atoms with Gasteiger partial charge in [-0.25, -0.2) is 14.4 Å². The topological polar surface area (TPSA) is 83.9 Å². The summed E-state index contributed by atoms with van der Waals surface area (Å²) in [5, 5.41) is 12.0. The first-order valence-corrected chi connectivity index (χ1v) is 12.8. The molecular weight excluding hydrogens is 507 g/mol. The molecule has 1 fully saturated rings. The van der Waals surface area contributed by atoms with Crippen LogP contribution in [0.25, 0.3) is 10.9 Å². The minimum absolute atomic E-state index is 0.213. The summed E-state index contributed by atoms with van der Waals surface area (Å²) < 4.78 is 19.2. The maximum atomic E-state index is 13.4. The standard InChI is InChI=1S/C28H28ClFN6O2/c29-25-16-23(5-7-27(25)37-18-21-2-1-3-22(30)14-21)35-28-24-15-20(4-6-26(24)32-19-33-28)17-34-38-13-12-36-10-8-31-9-11-36/h1-7,14-17,19,31H,8-13,18H2,(H,32,33,35). The molecule has 1 aromatic heterocycles. The van der Waals surface area contributed by atoms with Crippen molar-refractivity contribution in [2.45, 2.75) is 6.61 Å². The lowest BCUT2D eigenvalue weighted by Gasteiger charge is -2.26. The lowest BCUT2D eigenvalue weighted by atomic mass is 10.1. The van der Waals surface area contributed by atoms with Gasteiger partial charge in [-0.2, -0.15) is 0 Å². The second kappa shape index (κ2) is 12.6. The zero-order valence-corrected chi connectivity index (χ0v) is 21.5. The van der Waals surface area contributed by atoms with Crippen LogP contribution in [0.5, 0.6) is 5.75 Å². The molecule has 2 N–H and O–H groups in total. The minimum atomic E-state index is -0.304. The van der Waals surface area contributed by atoms with Gasteiger partial charge in [0.25, 0.3) is 0 Å². The predicted molar refractivity (Wildman–Crippen MR) is 148 cm³/mol. The molecule has 0 spiro atoms. The van der Waals surface area contributed by atoms with Gasteiger partial charge >= 0.3 is 0 Å². The number of hydrogen-bond donors (Lipinski definition) is 2. The summed E-state index contributed by atoms with van der Waals surface area (Å²) in [5.41, 5.74) is 3.13. The molecule has 0 bridgehead atoms. The molecule has 4 aromatic rings. The van der Waals surface area contributed by atoms with Gasteiger partial charge in [-0.15, -0.1) is 0 Å². The zero-order chi connectivity index (χ0) is 26.2. The van der Waals surface area contributed by atoms with E-state index in [1.807, 2.05) is 24.3 Å². The zero-order valence-electron chi connectivity index (χ0n) is 20.7. The Morgan fingerprint density at radius 1 is 1.08 bits per heavy atom. The number of aromatic nitrogens is 2. The van der Waals surface area contributed by atoms with Gasteiger partial charge in [0.1, 0.15) is 36.9 Å². The molecule has 38 heavy (non-hydrogen) atoms. The molecule has 1 aliphatic heterocycles. The first kappa shape index (κ1) is 25.8. The third-order valence-electron chi connectivity index (χ3n) is 6.12. The Kier molecular flexibility index (Phi) is 8.60. The number of ether oxygens (including phenoxy) is 1. The van der Waals surface area contributed by atoms with Crippen LogP contribution in [-0.2, 0) is 11.4 Å². The summed E-state index contributed by atoms with van der Waals surface area (Å²) in [6, 6.07) is 17.5. The average Bonchev–Trinajstić information content (AvgIpc) is 2.93. The van der Waals surface area contributed by atoms with Crippen LogP contribution in [0.2, 0.25) is 5.02 Å². The van der Waals surface area contributed by atoms with E-state index in [1.165, 1.54) is 18.5 Å². The summed E-state index contributed by atoms with van der Waals surface area (Å²) in [7, 11) is 0. The number of piperazine rings is 1. The maximum Gasteiger partial charge on any atom is 0.141 e. The Bertz CT molecular complexity index is 1410. The van der Waals surface area contributed by atoms with E-state index in [1.54, 1.807) is 30.5 Å². The highest BCUT2D eigenvalue weighted by atomic mass is 35.5. The molecule has 3 aromatic carbocycles. The van der Waals surface area contributed by atoms with Gasteiger partial charge in [0.15, 0.2) is 0 Å². The van der Waals surface area contributed by atoms with E-state index >= 15 is 0 Å². The van der Waals surface area contributed by atoms with Crippen molar-refractivity contribution in [1.29, 1.82) is 0 Å². The number of hydrogen-bond acceptors (Lipinski definition) is 8. The highest BCUT2D eigenvalue weighted by molar-refractivity contribution is 6.32. The Labute approximate surface area is 225 Å². The number of nitrogens with zero attached hydrogens (tertiary/aromatic N) is 4. The van der Waals surface area contributed by atoms with E-state index in [4.69, 9.17) is 21.2 Å². The van der Waals surface area contributed by atoms with Crippen molar-refractivity contribution in [2.75, 3.05) is 44.6 Å². The van der Waals surface area contributed by atoms with Crippen molar-refractivity contribution >= 4 is 40.2 Å². The van der Waals surface area contributed by atoms with Gasteiger partial charge in [-0.3, -0.25) is 4.90 Å². The Morgan fingerprint density at radius 3 is 2.82 bits per heavy atom. The van der Waals surface area contributed by atoms with E-state index in [9.17, 15) is 4.39 Å². The molecule has 196 valence electrons. The van der Waals surface area contributed by atoms with Gasteiger partial charge < -0.3 is 20.2 Å². The summed E-state index contributed by atoms with van der Waals surface area (Å²) in [4.78, 5) is 16.6. The molecule has 0 unspecified atom stereocenters. The molecule has 0 atom stereocenters. The van der Waals surface area contributed by atoms with Crippen LogP contribution in [0.4, 0.5) is 15.9 Å². The van der Waals surface area contributed by atoms with E-state index < -0.39 is 0 Å². The molecule has 8 nitrogen and oxygen atoms in total. The van der Waals surface area contributed by atoms with Gasteiger partial charge in [-0.05, 0) is 53.6 Å². The smallest absolute Gasteiger partial charge is 0.141 e. The molecule has 1 saturated heterocycles. The maximum absolute atomic E-state index is 13.4. The molecule has 0 amide bonds. The second-order valence-electron chi connectivity index (χ2n) is 8.85. The van der Waals surface area contributed by atoms with E-state index in [0.29, 0.717) is 23.2 Å². The normalized spacial score (nSPS) is 14.2. The van der Waals surface area contributed by atoms with Crippen LogP contribution in [0.15, 0.2) is 72.1 Å². The predicted octanol–water partition coefficient (Wildman–Crippen LogP) is 5.00. The number of benzene rings is 3. The van der Waals surface area contributed by atoms with Crippen molar-refractivity contribution in [3.8, 4) is 5.75 Å². The molecule has 10 heteroatoms. The first-order valence-electron chi connectivity index (χ1n) is 12.4. The molecule has 5 rings (SSSR count). The minimum Gasteiger partial charge on any atom is -0.487 e. The lowest BCUT2D eigenvalue weighted by molar-refractivity contribution is 0.106. The van der Waals surface area contributed by atoms with Gasteiger partial charge in [0.05, 0.1) is 16.8 Å². The molecule has 1 aliphatic rings. The fourth-order valence-corrected chi connectivity index (χ4v) is 4.36. The number of anilines is 2. The SMILES string of the molecule is Fc1cccc(COc2ccc(Nc3ncnc4ccc(C=NOCCN5CCNCC5)cc34)cc2Cl)c1. The van der Waals surface area contributed by atoms with Crippen molar-refractivity contribution in [3.63, 3.8) is 0 Å². The van der Waals surface area contributed by atoms with Crippen LogP contribution >= 0.6 is 11.6 Å². The Balaban J connectivity index is 1.22. The van der Waals surface area contributed by atoms with Crippen LogP contribution in [-0.4, -0.2) is 60.4 Å². The van der Waals surface area contributed by atoms with Crippen molar-refractivity contribution in [2.24, 2.45) is 5.16 Å². The number of fused-ring (bicyclic) bond motifs is 1. The number of halogens is 2. The summed E-state index contributed by atoms with van der Waals surface area (Å²) in [6.45, 7) is 5.70. The number of nitrogens with one attached hydrogen (secondary N) is 2. The van der Waals surface area contributed by atoms with Crippen molar-refractivity contribution in [3.05, 3.63) is 89.0 Å². The lowest BCUT2D eigenvalue weighted by Crippen LogP contribution is -2.44. The van der Waals surface area contributed by atoms with E-state index in [0.717, 1.165) is 60.4 Å². The molecule has 0 saturated carbocycles. The van der Waals surface area contributed by atoms with Crippen LogP contribution in [0.1, 0.15) is 11.1 Å². The monoisotopic (exact) mass is 534 g/mol. The molecule has 0 radical (unpaired) electrons. The summed E-state index contributed by atoms with van der Waals surface area (Å²) >= 11 is 6.46. The number of oxime groups is 1. The van der Waals surface area contributed by atoms with Crippen LogP contribution in [0, 0.1) is 5.82 Å². The third-order valence-corrected chi connectivity index (χ3v) is 6.42. The second-order valence-corrected chi connectivity index (χ2v) is 9.25.